The fourth-order valence-corrected chi connectivity index (χ4v) is 2.80. The van der Waals surface area contributed by atoms with Crippen molar-refractivity contribution in [2.45, 2.75) is 27.2 Å². The van der Waals surface area contributed by atoms with E-state index >= 15 is 0 Å². The van der Waals surface area contributed by atoms with Crippen molar-refractivity contribution in [3.8, 4) is 16.9 Å². The SMILES string of the molecule is CCc1c(C)ccc(OC)c1-c1ccc(C)cc1Cl. The molecule has 19 heavy (non-hydrogen) atoms. The highest BCUT2D eigenvalue weighted by molar-refractivity contribution is 6.33. The first-order chi connectivity index (χ1) is 9.08. The second-order valence-electron chi connectivity index (χ2n) is 4.78. The van der Waals surface area contributed by atoms with Crippen LogP contribution in [0.5, 0.6) is 5.75 Å². The fourth-order valence-electron chi connectivity index (χ4n) is 2.47. The van der Waals surface area contributed by atoms with E-state index in [-0.39, 0.29) is 0 Å². The molecule has 0 spiro atoms. The summed E-state index contributed by atoms with van der Waals surface area (Å²) >= 11 is 6.42. The molecule has 0 fully saturated rings. The minimum absolute atomic E-state index is 0.776. The molecule has 2 heteroatoms. The van der Waals surface area contributed by atoms with E-state index in [1.54, 1.807) is 7.11 Å². The average Bonchev–Trinajstić information content (AvgIpc) is 2.38. The van der Waals surface area contributed by atoms with Crippen molar-refractivity contribution in [2.75, 3.05) is 7.11 Å². The molecule has 0 atom stereocenters. The van der Waals surface area contributed by atoms with E-state index < -0.39 is 0 Å². The number of ether oxygens (including phenoxy) is 1. The molecule has 0 unspecified atom stereocenters. The molecule has 1 nitrogen and oxygen atoms in total. The van der Waals surface area contributed by atoms with Crippen LogP contribution in [-0.4, -0.2) is 7.11 Å². The van der Waals surface area contributed by atoms with Crippen molar-refractivity contribution < 1.29 is 4.74 Å². The van der Waals surface area contributed by atoms with Crippen LogP contribution in [0.25, 0.3) is 11.1 Å². The molecule has 0 aromatic heterocycles. The Morgan fingerprint density at radius 3 is 2.42 bits per heavy atom. The normalized spacial score (nSPS) is 10.6. The number of methoxy groups -OCH3 is 1. The number of halogens is 1. The van der Waals surface area contributed by atoms with Crippen LogP contribution in [0.15, 0.2) is 30.3 Å². The van der Waals surface area contributed by atoms with Gasteiger partial charge in [0.25, 0.3) is 0 Å². The maximum Gasteiger partial charge on any atom is 0.127 e. The zero-order chi connectivity index (χ0) is 14.0. The predicted octanol–water partition coefficient (Wildman–Crippen LogP) is 5.19. The Kier molecular flexibility index (Phi) is 4.16. The Bertz CT molecular complexity index is 602. The minimum atomic E-state index is 0.776. The molecule has 0 bridgehead atoms. The lowest BCUT2D eigenvalue weighted by Gasteiger charge is -2.17. The van der Waals surface area contributed by atoms with Gasteiger partial charge in [-0.25, -0.2) is 0 Å². The van der Waals surface area contributed by atoms with Gasteiger partial charge in [0.15, 0.2) is 0 Å². The summed E-state index contributed by atoms with van der Waals surface area (Å²) in [6.45, 7) is 6.33. The maximum absolute atomic E-state index is 6.42. The first-order valence-corrected chi connectivity index (χ1v) is 6.89. The molecule has 0 N–H and O–H groups in total. The molecule has 0 aliphatic rings. The van der Waals surface area contributed by atoms with E-state index in [9.17, 15) is 0 Å². The molecular formula is C17H19ClO. The van der Waals surface area contributed by atoms with E-state index in [0.29, 0.717) is 0 Å². The number of hydrogen-bond donors (Lipinski definition) is 0. The molecule has 2 aromatic carbocycles. The zero-order valence-corrected chi connectivity index (χ0v) is 12.6. The van der Waals surface area contributed by atoms with E-state index in [1.807, 2.05) is 19.1 Å². The largest absolute Gasteiger partial charge is 0.496 e. The number of aryl methyl sites for hydroxylation is 2. The number of benzene rings is 2. The number of rotatable bonds is 3. The summed E-state index contributed by atoms with van der Waals surface area (Å²) in [6, 6.07) is 10.3. The second kappa shape index (κ2) is 5.66. The van der Waals surface area contributed by atoms with Crippen LogP contribution in [0, 0.1) is 13.8 Å². The number of hydrogen-bond acceptors (Lipinski definition) is 1. The summed E-state index contributed by atoms with van der Waals surface area (Å²) in [5.74, 6) is 0.883. The van der Waals surface area contributed by atoms with E-state index in [1.165, 1.54) is 16.7 Å². The second-order valence-corrected chi connectivity index (χ2v) is 5.18. The van der Waals surface area contributed by atoms with Crippen LogP contribution in [0.2, 0.25) is 5.02 Å². The highest BCUT2D eigenvalue weighted by Gasteiger charge is 2.15. The third kappa shape index (κ3) is 2.62. The molecule has 0 aliphatic carbocycles. The first-order valence-electron chi connectivity index (χ1n) is 6.51. The summed E-state index contributed by atoms with van der Waals surface area (Å²) in [5, 5.41) is 0.776. The van der Waals surface area contributed by atoms with Crippen LogP contribution >= 0.6 is 11.6 Å². The van der Waals surface area contributed by atoms with Gasteiger partial charge >= 0.3 is 0 Å². The molecule has 2 rings (SSSR count). The molecule has 2 aromatic rings. The third-order valence-corrected chi connectivity index (χ3v) is 3.79. The van der Waals surface area contributed by atoms with Gasteiger partial charge in [-0.15, -0.1) is 0 Å². The predicted molar refractivity (Wildman–Crippen MR) is 82.3 cm³/mol. The van der Waals surface area contributed by atoms with Crippen molar-refractivity contribution in [1.29, 1.82) is 0 Å². The third-order valence-electron chi connectivity index (χ3n) is 3.48. The standard InChI is InChI=1S/C17H19ClO/c1-5-13-12(3)7-9-16(19-4)17(13)14-8-6-11(2)10-15(14)18/h6-10H,5H2,1-4H3. The van der Waals surface area contributed by atoms with Gasteiger partial charge in [0.1, 0.15) is 5.75 Å². The Labute approximate surface area is 120 Å². The fraction of sp³-hybridized carbons (Fsp3) is 0.294. The van der Waals surface area contributed by atoms with Gasteiger partial charge in [0.2, 0.25) is 0 Å². The van der Waals surface area contributed by atoms with Crippen molar-refractivity contribution in [3.63, 3.8) is 0 Å². The van der Waals surface area contributed by atoms with Crippen molar-refractivity contribution in [1.82, 2.24) is 0 Å². The molecule has 0 heterocycles. The van der Waals surface area contributed by atoms with Gasteiger partial charge in [-0.2, -0.15) is 0 Å². The Morgan fingerprint density at radius 2 is 1.84 bits per heavy atom. The van der Waals surface area contributed by atoms with Crippen molar-refractivity contribution >= 4 is 11.6 Å². The maximum atomic E-state index is 6.42. The summed E-state index contributed by atoms with van der Waals surface area (Å²) in [6.07, 6.45) is 0.961. The molecular weight excluding hydrogens is 256 g/mol. The van der Waals surface area contributed by atoms with Gasteiger partial charge in [0.05, 0.1) is 7.11 Å². The molecule has 0 saturated carbocycles. The van der Waals surface area contributed by atoms with Crippen LogP contribution in [0.4, 0.5) is 0 Å². The molecule has 0 aliphatic heterocycles. The van der Waals surface area contributed by atoms with Crippen LogP contribution in [-0.2, 0) is 6.42 Å². The van der Waals surface area contributed by atoms with Crippen molar-refractivity contribution in [2.24, 2.45) is 0 Å². The van der Waals surface area contributed by atoms with E-state index in [2.05, 4.69) is 32.0 Å². The molecule has 100 valence electrons. The Hall–Kier alpha value is -1.47. The first kappa shape index (κ1) is 14.0. The average molecular weight is 275 g/mol. The zero-order valence-electron chi connectivity index (χ0n) is 11.9. The molecule has 0 saturated heterocycles. The lowest BCUT2D eigenvalue weighted by molar-refractivity contribution is 0.416. The summed E-state index contributed by atoms with van der Waals surface area (Å²) < 4.78 is 5.52. The summed E-state index contributed by atoms with van der Waals surface area (Å²) in [7, 11) is 1.70. The van der Waals surface area contributed by atoms with Gasteiger partial charge in [-0.1, -0.05) is 36.7 Å². The van der Waals surface area contributed by atoms with Crippen molar-refractivity contribution in [3.05, 3.63) is 52.0 Å². The van der Waals surface area contributed by atoms with Crippen LogP contribution < -0.4 is 4.74 Å². The van der Waals surface area contributed by atoms with Crippen LogP contribution in [0.3, 0.4) is 0 Å². The molecule has 0 amide bonds. The van der Waals surface area contributed by atoms with Gasteiger partial charge in [-0.3, -0.25) is 0 Å². The quantitative estimate of drug-likeness (QED) is 0.748. The van der Waals surface area contributed by atoms with Crippen LogP contribution in [0.1, 0.15) is 23.6 Å². The lowest BCUT2D eigenvalue weighted by Crippen LogP contribution is -1.97. The summed E-state index contributed by atoms with van der Waals surface area (Å²) in [4.78, 5) is 0. The Morgan fingerprint density at radius 1 is 1.11 bits per heavy atom. The topological polar surface area (TPSA) is 9.23 Å². The van der Waals surface area contributed by atoms with E-state index in [0.717, 1.165) is 28.3 Å². The monoisotopic (exact) mass is 274 g/mol. The smallest absolute Gasteiger partial charge is 0.127 e. The Balaban J connectivity index is 2.75. The minimum Gasteiger partial charge on any atom is -0.496 e. The highest BCUT2D eigenvalue weighted by Crippen LogP contribution is 2.39. The van der Waals surface area contributed by atoms with Gasteiger partial charge in [-0.05, 0) is 49.1 Å². The van der Waals surface area contributed by atoms with Gasteiger partial charge < -0.3 is 4.74 Å². The lowest BCUT2D eigenvalue weighted by atomic mass is 9.93. The van der Waals surface area contributed by atoms with E-state index in [4.69, 9.17) is 16.3 Å². The van der Waals surface area contributed by atoms with Gasteiger partial charge in [0, 0.05) is 16.1 Å². The summed E-state index contributed by atoms with van der Waals surface area (Å²) in [5.41, 5.74) is 5.90. The molecule has 0 radical (unpaired) electrons. The highest BCUT2D eigenvalue weighted by atomic mass is 35.5.